The van der Waals surface area contributed by atoms with Gasteiger partial charge in [0.1, 0.15) is 0 Å². The molecule has 0 bridgehead atoms. The second kappa shape index (κ2) is 6.60. The molecule has 7 nitrogen and oxygen atoms in total. The molecule has 5 N–H and O–H groups in total. The number of rotatable bonds is 4. The van der Waals surface area contributed by atoms with Gasteiger partial charge in [-0.05, 0) is 25.0 Å². The zero-order valence-corrected chi connectivity index (χ0v) is 12.8. The fourth-order valence-electron chi connectivity index (χ4n) is 2.80. The van der Waals surface area contributed by atoms with Crippen LogP contribution < -0.4 is 16.8 Å². The molecule has 1 aromatic heterocycles. The number of nitrogen functional groups attached to an aromatic ring is 1. The van der Waals surface area contributed by atoms with E-state index in [0.29, 0.717) is 23.4 Å². The van der Waals surface area contributed by atoms with E-state index in [-0.39, 0.29) is 5.95 Å². The highest BCUT2D eigenvalue weighted by Gasteiger charge is 2.15. The molecule has 1 saturated carbocycles. The fraction of sp³-hybridized carbons (Fsp3) is 0.375. The molecule has 120 valence electrons. The van der Waals surface area contributed by atoms with Gasteiger partial charge in [0.05, 0.1) is 0 Å². The molecule has 0 radical (unpaired) electrons. The minimum atomic E-state index is -0.466. The van der Waals surface area contributed by atoms with E-state index in [1.807, 2.05) is 0 Å². The molecule has 1 heterocycles. The van der Waals surface area contributed by atoms with Crippen molar-refractivity contribution in [2.75, 3.05) is 11.1 Å². The van der Waals surface area contributed by atoms with Crippen LogP contribution in [0, 0.1) is 0 Å². The Labute approximate surface area is 134 Å². The molecular formula is C16H20N6O. The number of nitrogens with two attached hydrogens (primary N) is 2. The van der Waals surface area contributed by atoms with Crippen LogP contribution in [0.4, 0.5) is 11.9 Å². The lowest BCUT2D eigenvalue weighted by Gasteiger charge is -2.22. The van der Waals surface area contributed by atoms with Crippen molar-refractivity contribution in [1.29, 1.82) is 0 Å². The number of aromatic nitrogens is 3. The van der Waals surface area contributed by atoms with Crippen LogP contribution in [0.15, 0.2) is 24.3 Å². The summed E-state index contributed by atoms with van der Waals surface area (Å²) < 4.78 is 0. The van der Waals surface area contributed by atoms with Crippen LogP contribution in [-0.4, -0.2) is 26.9 Å². The van der Waals surface area contributed by atoms with Crippen molar-refractivity contribution in [3.63, 3.8) is 0 Å². The van der Waals surface area contributed by atoms with Crippen molar-refractivity contribution >= 4 is 17.8 Å². The summed E-state index contributed by atoms with van der Waals surface area (Å²) >= 11 is 0. The minimum absolute atomic E-state index is 0.173. The third-order valence-electron chi connectivity index (χ3n) is 4.02. The maximum Gasteiger partial charge on any atom is 0.248 e. The molecule has 0 saturated heterocycles. The van der Waals surface area contributed by atoms with Crippen molar-refractivity contribution in [2.24, 2.45) is 5.73 Å². The second-order valence-corrected chi connectivity index (χ2v) is 5.76. The summed E-state index contributed by atoms with van der Waals surface area (Å²) in [5.74, 6) is 0.684. The normalized spacial score (nSPS) is 15.3. The minimum Gasteiger partial charge on any atom is -0.368 e. The number of primary amides is 1. The van der Waals surface area contributed by atoms with Crippen LogP contribution in [-0.2, 0) is 0 Å². The highest BCUT2D eigenvalue weighted by molar-refractivity contribution is 5.93. The van der Waals surface area contributed by atoms with Crippen LogP contribution in [0.2, 0.25) is 0 Å². The van der Waals surface area contributed by atoms with Gasteiger partial charge in [0.2, 0.25) is 17.8 Å². The predicted molar refractivity (Wildman–Crippen MR) is 88.7 cm³/mol. The third-order valence-corrected chi connectivity index (χ3v) is 4.02. The lowest BCUT2D eigenvalue weighted by Crippen LogP contribution is -2.24. The lowest BCUT2D eigenvalue weighted by molar-refractivity contribution is 0.100. The first kappa shape index (κ1) is 15.2. The Balaban J connectivity index is 1.83. The number of hydrogen-bond acceptors (Lipinski definition) is 6. The van der Waals surface area contributed by atoms with Crippen LogP contribution in [0.3, 0.4) is 0 Å². The number of anilines is 2. The topological polar surface area (TPSA) is 120 Å². The fourth-order valence-corrected chi connectivity index (χ4v) is 2.80. The van der Waals surface area contributed by atoms with Gasteiger partial charge in [0, 0.05) is 17.2 Å². The molecule has 1 aliphatic carbocycles. The lowest BCUT2D eigenvalue weighted by atomic mass is 9.96. The summed E-state index contributed by atoms with van der Waals surface area (Å²) in [7, 11) is 0. The highest BCUT2D eigenvalue weighted by Crippen LogP contribution is 2.22. The smallest absolute Gasteiger partial charge is 0.248 e. The molecule has 23 heavy (non-hydrogen) atoms. The second-order valence-electron chi connectivity index (χ2n) is 5.76. The van der Waals surface area contributed by atoms with E-state index in [1.165, 1.54) is 19.3 Å². The van der Waals surface area contributed by atoms with E-state index in [1.54, 1.807) is 24.3 Å². The monoisotopic (exact) mass is 312 g/mol. The summed E-state index contributed by atoms with van der Waals surface area (Å²) in [5.41, 5.74) is 12.2. The first-order valence-corrected chi connectivity index (χ1v) is 7.80. The third kappa shape index (κ3) is 3.74. The van der Waals surface area contributed by atoms with Crippen molar-refractivity contribution in [1.82, 2.24) is 15.0 Å². The van der Waals surface area contributed by atoms with E-state index in [2.05, 4.69) is 20.3 Å². The van der Waals surface area contributed by atoms with E-state index in [4.69, 9.17) is 11.5 Å². The Morgan fingerprint density at radius 1 is 1.04 bits per heavy atom. The summed E-state index contributed by atoms with van der Waals surface area (Å²) in [6, 6.07) is 7.17. The zero-order valence-electron chi connectivity index (χ0n) is 12.8. The van der Waals surface area contributed by atoms with Crippen LogP contribution in [0.25, 0.3) is 11.4 Å². The van der Waals surface area contributed by atoms with Gasteiger partial charge in [0.25, 0.3) is 0 Å². The van der Waals surface area contributed by atoms with E-state index >= 15 is 0 Å². The van der Waals surface area contributed by atoms with Crippen molar-refractivity contribution in [3.05, 3.63) is 29.8 Å². The van der Waals surface area contributed by atoms with Gasteiger partial charge in [-0.2, -0.15) is 15.0 Å². The molecule has 1 aliphatic rings. The SMILES string of the molecule is NC(=O)c1ccc(-c2nc(N)nc(NC3CCCCC3)n2)cc1. The van der Waals surface area contributed by atoms with Crippen LogP contribution in [0.1, 0.15) is 42.5 Å². The maximum atomic E-state index is 11.1. The summed E-state index contributed by atoms with van der Waals surface area (Å²) in [5, 5.41) is 3.35. The highest BCUT2D eigenvalue weighted by atomic mass is 16.1. The molecule has 7 heteroatoms. The first-order valence-electron chi connectivity index (χ1n) is 7.80. The molecule has 1 amide bonds. The van der Waals surface area contributed by atoms with Crippen molar-refractivity contribution < 1.29 is 4.79 Å². The van der Waals surface area contributed by atoms with Gasteiger partial charge in [-0.1, -0.05) is 31.4 Å². The number of hydrogen-bond donors (Lipinski definition) is 3. The zero-order chi connectivity index (χ0) is 16.2. The number of amides is 1. The first-order chi connectivity index (χ1) is 11.1. The summed E-state index contributed by atoms with van der Waals surface area (Å²) in [6.45, 7) is 0. The Kier molecular flexibility index (Phi) is 4.36. The van der Waals surface area contributed by atoms with Crippen molar-refractivity contribution in [2.45, 2.75) is 38.1 Å². The number of nitrogens with one attached hydrogen (secondary N) is 1. The Morgan fingerprint density at radius 2 is 1.74 bits per heavy atom. The van der Waals surface area contributed by atoms with Gasteiger partial charge in [0.15, 0.2) is 5.82 Å². The Bertz CT molecular complexity index is 694. The molecule has 0 spiro atoms. The van der Waals surface area contributed by atoms with E-state index in [9.17, 15) is 4.79 Å². The maximum absolute atomic E-state index is 11.1. The molecule has 1 aromatic carbocycles. The Hall–Kier alpha value is -2.70. The molecule has 0 aliphatic heterocycles. The molecule has 0 unspecified atom stereocenters. The standard InChI is InChI=1S/C16H20N6O/c17-13(23)10-6-8-11(9-7-10)14-20-15(18)22-16(21-14)19-12-4-2-1-3-5-12/h6-9,12H,1-5H2,(H2,17,23)(H3,18,19,20,21,22). The molecule has 3 rings (SSSR count). The molecule has 1 fully saturated rings. The van der Waals surface area contributed by atoms with Gasteiger partial charge in [-0.15, -0.1) is 0 Å². The van der Waals surface area contributed by atoms with Gasteiger partial charge in [-0.25, -0.2) is 0 Å². The summed E-state index contributed by atoms with van der Waals surface area (Å²) in [6.07, 6.45) is 5.97. The van der Waals surface area contributed by atoms with Gasteiger partial charge in [-0.3, -0.25) is 4.79 Å². The molecule has 2 aromatic rings. The van der Waals surface area contributed by atoms with Crippen LogP contribution in [0.5, 0.6) is 0 Å². The molecule has 0 atom stereocenters. The van der Waals surface area contributed by atoms with Gasteiger partial charge >= 0.3 is 0 Å². The largest absolute Gasteiger partial charge is 0.368 e. The number of nitrogens with zero attached hydrogens (tertiary/aromatic N) is 3. The van der Waals surface area contributed by atoms with Crippen LogP contribution >= 0.6 is 0 Å². The average molecular weight is 312 g/mol. The quantitative estimate of drug-likeness (QED) is 0.794. The average Bonchev–Trinajstić information content (AvgIpc) is 2.55. The van der Waals surface area contributed by atoms with E-state index in [0.717, 1.165) is 18.4 Å². The number of benzene rings is 1. The van der Waals surface area contributed by atoms with E-state index < -0.39 is 5.91 Å². The molecular weight excluding hydrogens is 292 g/mol. The van der Waals surface area contributed by atoms with Crippen molar-refractivity contribution in [3.8, 4) is 11.4 Å². The Morgan fingerprint density at radius 3 is 2.39 bits per heavy atom. The summed E-state index contributed by atoms with van der Waals surface area (Å²) in [4.78, 5) is 23.9. The predicted octanol–water partition coefficient (Wildman–Crippen LogP) is 1.96. The van der Waals surface area contributed by atoms with Gasteiger partial charge < -0.3 is 16.8 Å². The number of carbonyl (C=O) groups excluding carboxylic acids is 1. The number of carbonyl (C=O) groups is 1.